The van der Waals surface area contributed by atoms with Gasteiger partial charge in [0.25, 0.3) is 0 Å². The Labute approximate surface area is 247 Å². The Balaban J connectivity index is 1.63. The normalized spacial score (nSPS) is 18.1. The lowest BCUT2D eigenvalue weighted by molar-refractivity contribution is -0.155. The molecule has 1 aromatic heterocycles. The molecule has 3 aromatic carbocycles. The fraction of sp³-hybridized carbons (Fsp3) is 0.242. The van der Waals surface area contributed by atoms with E-state index in [-0.39, 0.29) is 24.5 Å². The highest BCUT2D eigenvalue weighted by Crippen LogP contribution is 2.54. The predicted molar refractivity (Wildman–Crippen MR) is 155 cm³/mol. The van der Waals surface area contributed by atoms with Crippen molar-refractivity contribution in [3.05, 3.63) is 95.3 Å². The lowest BCUT2D eigenvalue weighted by Crippen LogP contribution is -2.49. The molecule has 10 heteroatoms. The first kappa shape index (κ1) is 27.9. The molecule has 43 heavy (non-hydrogen) atoms. The van der Waals surface area contributed by atoms with Crippen LogP contribution < -0.4 is 23.7 Å². The van der Waals surface area contributed by atoms with Crippen LogP contribution in [0.25, 0.3) is 11.1 Å². The van der Waals surface area contributed by atoms with Crippen molar-refractivity contribution in [2.45, 2.75) is 31.3 Å². The molecule has 0 saturated heterocycles. The lowest BCUT2D eigenvalue weighted by Gasteiger charge is -2.33. The first-order valence-electron chi connectivity index (χ1n) is 13.8. The fourth-order valence-electron chi connectivity index (χ4n) is 5.91. The fourth-order valence-corrected chi connectivity index (χ4v) is 5.91. The summed E-state index contributed by atoms with van der Waals surface area (Å²) in [6.45, 7) is 2.50. The minimum absolute atomic E-state index is 0.0499. The highest BCUT2D eigenvalue weighted by atomic mass is 16.7. The molecule has 4 aromatic rings. The van der Waals surface area contributed by atoms with Gasteiger partial charge in [-0.15, -0.1) is 0 Å². The second kappa shape index (κ2) is 11.2. The summed E-state index contributed by atoms with van der Waals surface area (Å²) in [7, 11) is 1.57. The maximum Gasteiger partial charge on any atom is 0.349 e. The van der Waals surface area contributed by atoms with E-state index in [1.54, 1.807) is 25.3 Å². The summed E-state index contributed by atoms with van der Waals surface area (Å²) in [5.41, 5.74) is 1.21. The van der Waals surface area contributed by atoms with Gasteiger partial charge in [-0.3, -0.25) is 4.98 Å². The number of aromatic carboxylic acids is 1. The van der Waals surface area contributed by atoms with E-state index >= 15 is 0 Å². The van der Waals surface area contributed by atoms with Crippen LogP contribution in [0.5, 0.6) is 28.7 Å². The number of hydrogen-bond acceptors (Lipinski definition) is 8. The monoisotopic (exact) mass is 583 g/mol. The van der Waals surface area contributed by atoms with Crippen molar-refractivity contribution in [1.29, 1.82) is 0 Å². The Morgan fingerprint density at radius 3 is 2.58 bits per heavy atom. The van der Waals surface area contributed by atoms with Crippen LogP contribution in [-0.4, -0.2) is 53.2 Å². The summed E-state index contributed by atoms with van der Waals surface area (Å²) in [6, 6.07) is 17.7. The summed E-state index contributed by atoms with van der Waals surface area (Å²) in [5.74, 6) is -1.39. The molecule has 2 atom stereocenters. The number of fused-ring (bicyclic) bond motifs is 2. The molecule has 0 bridgehead atoms. The zero-order valence-electron chi connectivity index (χ0n) is 23.5. The van der Waals surface area contributed by atoms with Gasteiger partial charge >= 0.3 is 11.9 Å². The van der Waals surface area contributed by atoms with E-state index in [0.717, 1.165) is 12.0 Å². The SMILES string of the molecule is CCCOc1ccc2c(c1-c1ccccc1OC)CC(Oc1cnccc1C(=O)O)(C(=O)O)C2c1ccc2c(c1)OCO2. The van der Waals surface area contributed by atoms with Crippen LogP contribution in [0.15, 0.2) is 73.1 Å². The molecule has 220 valence electrons. The molecule has 2 aliphatic rings. The summed E-state index contributed by atoms with van der Waals surface area (Å²) < 4.78 is 29.4. The largest absolute Gasteiger partial charge is 0.496 e. The molecule has 0 radical (unpaired) electrons. The number of carbonyl (C=O) groups is 2. The van der Waals surface area contributed by atoms with Crippen molar-refractivity contribution in [3.63, 3.8) is 0 Å². The van der Waals surface area contributed by atoms with Gasteiger partial charge in [0.2, 0.25) is 12.4 Å². The number of pyridine rings is 1. The van der Waals surface area contributed by atoms with Gasteiger partial charge in [-0.05, 0) is 53.4 Å². The number of carboxylic acid groups (broad SMARTS) is 2. The van der Waals surface area contributed by atoms with E-state index in [0.29, 0.717) is 51.9 Å². The van der Waals surface area contributed by atoms with Crippen LogP contribution >= 0.6 is 0 Å². The Morgan fingerprint density at radius 1 is 1.00 bits per heavy atom. The van der Waals surface area contributed by atoms with Gasteiger partial charge in [0.15, 0.2) is 17.2 Å². The minimum atomic E-state index is -1.97. The Bertz CT molecular complexity index is 1720. The van der Waals surface area contributed by atoms with Crippen LogP contribution in [0.3, 0.4) is 0 Å². The van der Waals surface area contributed by atoms with E-state index in [4.69, 9.17) is 23.7 Å². The van der Waals surface area contributed by atoms with Gasteiger partial charge in [-0.25, -0.2) is 9.59 Å². The number of nitrogens with zero attached hydrogens (tertiary/aromatic N) is 1. The van der Waals surface area contributed by atoms with Crippen molar-refractivity contribution in [2.24, 2.45) is 0 Å². The van der Waals surface area contributed by atoms with E-state index in [2.05, 4.69) is 4.98 Å². The summed E-state index contributed by atoms with van der Waals surface area (Å²) >= 11 is 0. The summed E-state index contributed by atoms with van der Waals surface area (Å²) in [6.07, 6.45) is 3.20. The van der Waals surface area contributed by atoms with Crippen molar-refractivity contribution < 1.29 is 43.5 Å². The third kappa shape index (κ3) is 4.74. The van der Waals surface area contributed by atoms with Gasteiger partial charge in [0, 0.05) is 23.7 Å². The van der Waals surface area contributed by atoms with E-state index in [1.165, 1.54) is 18.5 Å². The van der Waals surface area contributed by atoms with Crippen molar-refractivity contribution in [1.82, 2.24) is 4.98 Å². The molecule has 0 fully saturated rings. The number of carboxylic acids is 2. The number of ether oxygens (including phenoxy) is 5. The topological polar surface area (TPSA) is 134 Å². The number of aliphatic carboxylic acids is 1. The average Bonchev–Trinajstić information content (AvgIpc) is 3.62. The number of para-hydroxylation sites is 1. The number of hydrogen-bond donors (Lipinski definition) is 2. The average molecular weight is 584 g/mol. The van der Waals surface area contributed by atoms with E-state index in [9.17, 15) is 19.8 Å². The molecule has 0 spiro atoms. The molecule has 2 heterocycles. The molecular weight excluding hydrogens is 554 g/mol. The zero-order chi connectivity index (χ0) is 30.1. The number of benzene rings is 3. The van der Waals surface area contributed by atoms with Crippen LogP contribution in [0.1, 0.15) is 46.3 Å². The van der Waals surface area contributed by atoms with Crippen LogP contribution in [0.2, 0.25) is 0 Å². The predicted octanol–water partition coefficient (Wildman–Crippen LogP) is 5.56. The quantitative estimate of drug-likeness (QED) is 0.244. The van der Waals surface area contributed by atoms with Gasteiger partial charge in [-0.2, -0.15) is 0 Å². The molecule has 1 aliphatic heterocycles. The first-order valence-corrected chi connectivity index (χ1v) is 13.8. The second-order valence-electron chi connectivity index (χ2n) is 10.3. The van der Waals surface area contributed by atoms with Gasteiger partial charge in [0.1, 0.15) is 17.1 Å². The maximum atomic E-state index is 13.5. The number of methoxy groups -OCH3 is 1. The minimum Gasteiger partial charge on any atom is -0.496 e. The molecular formula is C33H29NO9. The Kier molecular flexibility index (Phi) is 7.27. The third-order valence-corrected chi connectivity index (χ3v) is 7.76. The molecule has 6 rings (SSSR count). The first-order chi connectivity index (χ1) is 20.9. The van der Waals surface area contributed by atoms with Gasteiger partial charge in [0.05, 0.1) is 25.8 Å². The van der Waals surface area contributed by atoms with E-state index in [1.807, 2.05) is 43.3 Å². The number of aromatic nitrogens is 1. The Morgan fingerprint density at radius 2 is 1.81 bits per heavy atom. The van der Waals surface area contributed by atoms with Gasteiger partial charge in [-0.1, -0.05) is 37.3 Å². The van der Waals surface area contributed by atoms with Crippen molar-refractivity contribution in [2.75, 3.05) is 20.5 Å². The number of rotatable bonds is 10. The second-order valence-corrected chi connectivity index (χ2v) is 10.3. The van der Waals surface area contributed by atoms with Crippen LogP contribution in [-0.2, 0) is 11.2 Å². The third-order valence-electron chi connectivity index (χ3n) is 7.76. The lowest BCUT2D eigenvalue weighted by atomic mass is 9.81. The van der Waals surface area contributed by atoms with Crippen LogP contribution in [0.4, 0.5) is 0 Å². The molecule has 2 unspecified atom stereocenters. The molecule has 1 aliphatic carbocycles. The van der Waals surface area contributed by atoms with Gasteiger partial charge < -0.3 is 33.9 Å². The molecule has 0 saturated carbocycles. The summed E-state index contributed by atoms with van der Waals surface area (Å²) in [4.78, 5) is 29.7. The molecule has 0 amide bonds. The van der Waals surface area contributed by atoms with Crippen LogP contribution in [0, 0.1) is 0 Å². The van der Waals surface area contributed by atoms with Crippen molar-refractivity contribution >= 4 is 11.9 Å². The maximum absolute atomic E-state index is 13.5. The highest BCUT2D eigenvalue weighted by molar-refractivity contribution is 5.92. The standard InChI is InChI=1S/C33H29NO9/c1-3-14-40-26-11-9-20-23(29(26)21-6-4-5-7-24(21)39-2)16-33(32(37)38,43-28-17-34-13-12-22(28)31(35)36)30(20)19-8-10-25-27(15-19)42-18-41-25/h4-13,15,17,30H,3,14,16,18H2,1-2H3,(H,35,36)(H,37,38). The zero-order valence-corrected chi connectivity index (χ0v) is 23.5. The Hall–Kier alpha value is -5.25. The highest BCUT2D eigenvalue weighted by Gasteiger charge is 2.57. The summed E-state index contributed by atoms with van der Waals surface area (Å²) in [5, 5.41) is 20.9. The van der Waals surface area contributed by atoms with E-state index < -0.39 is 23.5 Å². The molecule has 10 nitrogen and oxygen atoms in total. The molecule has 2 N–H and O–H groups in total. The smallest absolute Gasteiger partial charge is 0.349 e. The van der Waals surface area contributed by atoms with Crippen molar-refractivity contribution in [3.8, 4) is 39.9 Å².